The first-order valence-electron chi connectivity index (χ1n) is 5.05. The van der Waals surface area contributed by atoms with Gasteiger partial charge in [0.05, 0.1) is 6.61 Å². The van der Waals surface area contributed by atoms with Crippen molar-refractivity contribution in [3.05, 3.63) is 42.0 Å². The minimum absolute atomic E-state index is 0.227. The van der Waals surface area contributed by atoms with E-state index in [2.05, 4.69) is 0 Å². The second kappa shape index (κ2) is 6.02. The predicted octanol–water partition coefficient (Wildman–Crippen LogP) is 2.90. The van der Waals surface area contributed by atoms with Crippen LogP contribution in [0.3, 0.4) is 0 Å². The normalized spacial score (nSPS) is 12.7. The summed E-state index contributed by atoms with van der Waals surface area (Å²) < 4.78 is 4.90. The quantitative estimate of drug-likeness (QED) is 0.705. The fraction of sp³-hybridized carbons (Fsp3) is 0.308. The molecule has 0 aliphatic heterocycles. The van der Waals surface area contributed by atoms with Gasteiger partial charge >= 0.3 is 5.97 Å². The van der Waals surface area contributed by atoms with Gasteiger partial charge in [-0.05, 0) is 5.56 Å². The predicted molar refractivity (Wildman–Crippen MR) is 61.3 cm³/mol. The Labute approximate surface area is 90.6 Å². The highest BCUT2D eigenvalue weighted by atomic mass is 16.5. The number of hydrogen-bond acceptors (Lipinski definition) is 2. The van der Waals surface area contributed by atoms with Crippen LogP contribution in [0.4, 0.5) is 0 Å². The van der Waals surface area contributed by atoms with Crippen LogP contribution in [0.5, 0.6) is 0 Å². The fourth-order valence-electron chi connectivity index (χ4n) is 1.14. The molecule has 0 radical (unpaired) electrons. The number of rotatable bonds is 4. The molecule has 15 heavy (non-hydrogen) atoms. The summed E-state index contributed by atoms with van der Waals surface area (Å²) in [4.78, 5) is 10.6. The average molecular weight is 204 g/mol. The highest BCUT2D eigenvalue weighted by molar-refractivity contribution is 5.65. The van der Waals surface area contributed by atoms with Crippen molar-refractivity contribution in [3.63, 3.8) is 0 Å². The third-order valence-electron chi connectivity index (χ3n) is 1.97. The van der Waals surface area contributed by atoms with E-state index in [0.717, 1.165) is 5.56 Å². The number of esters is 1. The molecule has 0 aliphatic carbocycles. The Kier molecular flexibility index (Phi) is 4.61. The van der Waals surface area contributed by atoms with Crippen LogP contribution in [0, 0.1) is 5.92 Å². The van der Waals surface area contributed by atoms with Crippen LogP contribution in [-0.4, -0.2) is 12.6 Å². The van der Waals surface area contributed by atoms with Crippen LogP contribution < -0.4 is 0 Å². The van der Waals surface area contributed by atoms with Gasteiger partial charge in [-0.25, -0.2) is 0 Å². The zero-order chi connectivity index (χ0) is 11.1. The van der Waals surface area contributed by atoms with Crippen LogP contribution in [0.15, 0.2) is 36.4 Å². The van der Waals surface area contributed by atoms with Gasteiger partial charge in [0.1, 0.15) is 0 Å². The van der Waals surface area contributed by atoms with Crippen molar-refractivity contribution >= 4 is 12.0 Å². The van der Waals surface area contributed by atoms with Crippen LogP contribution >= 0.6 is 0 Å². The van der Waals surface area contributed by atoms with Crippen molar-refractivity contribution in [2.45, 2.75) is 13.8 Å². The summed E-state index contributed by atoms with van der Waals surface area (Å²) in [5.74, 6) is 0.0177. The van der Waals surface area contributed by atoms with E-state index in [9.17, 15) is 4.79 Å². The molecule has 80 valence electrons. The lowest BCUT2D eigenvalue weighted by Crippen LogP contribution is -2.06. The molecule has 2 nitrogen and oxygen atoms in total. The summed E-state index contributed by atoms with van der Waals surface area (Å²) >= 11 is 0. The Balaban J connectivity index is 2.41. The van der Waals surface area contributed by atoms with Crippen molar-refractivity contribution in [1.29, 1.82) is 0 Å². The Morgan fingerprint density at radius 3 is 2.67 bits per heavy atom. The minimum atomic E-state index is -0.227. The zero-order valence-electron chi connectivity index (χ0n) is 9.14. The molecule has 0 heterocycles. The summed E-state index contributed by atoms with van der Waals surface area (Å²) in [5.41, 5.74) is 1.16. The SMILES string of the molecule is CC(=O)OCC(C)/C=C/c1ccccc1. The minimum Gasteiger partial charge on any atom is -0.465 e. The Morgan fingerprint density at radius 2 is 2.07 bits per heavy atom. The zero-order valence-corrected chi connectivity index (χ0v) is 9.14. The molecule has 1 unspecified atom stereocenters. The second-order valence-electron chi connectivity index (χ2n) is 3.55. The van der Waals surface area contributed by atoms with Gasteiger partial charge in [-0.1, -0.05) is 49.4 Å². The second-order valence-corrected chi connectivity index (χ2v) is 3.55. The molecular weight excluding hydrogens is 188 g/mol. The summed E-state index contributed by atoms with van der Waals surface area (Å²) in [6.07, 6.45) is 4.08. The maximum absolute atomic E-state index is 10.6. The average Bonchev–Trinajstić information content (AvgIpc) is 2.25. The first-order valence-corrected chi connectivity index (χ1v) is 5.05. The van der Waals surface area contributed by atoms with Crippen LogP contribution in [0.2, 0.25) is 0 Å². The molecule has 0 bridgehead atoms. The number of hydrogen-bond donors (Lipinski definition) is 0. The molecule has 1 aromatic rings. The molecule has 1 rings (SSSR count). The summed E-state index contributed by atoms with van der Waals surface area (Å²) in [7, 11) is 0. The first-order chi connectivity index (χ1) is 7.18. The monoisotopic (exact) mass is 204 g/mol. The molecule has 0 aromatic heterocycles. The molecule has 1 atom stereocenters. The molecule has 0 amide bonds. The maximum atomic E-state index is 10.6. The van der Waals surface area contributed by atoms with Gasteiger partial charge in [0.25, 0.3) is 0 Å². The number of carbonyl (C=O) groups is 1. The van der Waals surface area contributed by atoms with E-state index in [0.29, 0.717) is 6.61 Å². The van der Waals surface area contributed by atoms with Gasteiger partial charge in [-0.15, -0.1) is 0 Å². The third-order valence-corrected chi connectivity index (χ3v) is 1.97. The topological polar surface area (TPSA) is 26.3 Å². The molecule has 0 fully saturated rings. The molecule has 0 saturated carbocycles. The van der Waals surface area contributed by atoms with Gasteiger partial charge in [0.15, 0.2) is 0 Å². The van der Waals surface area contributed by atoms with E-state index in [-0.39, 0.29) is 11.9 Å². The van der Waals surface area contributed by atoms with E-state index in [1.165, 1.54) is 6.92 Å². The lowest BCUT2D eigenvalue weighted by atomic mass is 10.1. The third kappa shape index (κ3) is 5.01. The Morgan fingerprint density at radius 1 is 1.40 bits per heavy atom. The largest absolute Gasteiger partial charge is 0.465 e. The van der Waals surface area contributed by atoms with Gasteiger partial charge in [0, 0.05) is 12.8 Å². The van der Waals surface area contributed by atoms with Crippen molar-refractivity contribution in [2.75, 3.05) is 6.61 Å². The smallest absolute Gasteiger partial charge is 0.302 e. The summed E-state index contributed by atoms with van der Waals surface area (Å²) in [6, 6.07) is 10.1. The summed E-state index contributed by atoms with van der Waals surface area (Å²) in [6.45, 7) is 3.88. The van der Waals surface area contributed by atoms with Crippen molar-refractivity contribution in [2.24, 2.45) is 5.92 Å². The molecule has 0 spiro atoms. The standard InChI is InChI=1S/C13H16O2/c1-11(10-15-12(2)14)8-9-13-6-4-3-5-7-13/h3-9,11H,10H2,1-2H3/b9-8+. The van der Waals surface area contributed by atoms with Gasteiger partial charge in [0.2, 0.25) is 0 Å². The van der Waals surface area contributed by atoms with E-state index >= 15 is 0 Å². The van der Waals surface area contributed by atoms with Crippen molar-refractivity contribution < 1.29 is 9.53 Å². The Bertz CT molecular complexity index is 328. The van der Waals surface area contributed by atoms with Crippen molar-refractivity contribution in [3.8, 4) is 0 Å². The van der Waals surface area contributed by atoms with E-state index < -0.39 is 0 Å². The van der Waals surface area contributed by atoms with E-state index in [4.69, 9.17) is 4.74 Å². The van der Waals surface area contributed by atoms with E-state index in [1.807, 2.05) is 49.4 Å². The highest BCUT2D eigenvalue weighted by Gasteiger charge is 1.99. The van der Waals surface area contributed by atoms with Crippen molar-refractivity contribution in [1.82, 2.24) is 0 Å². The first kappa shape index (κ1) is 11.5. The molecule has 0 N–H and O–H groups in total. The fourth-order valence-corrected chi connectivity index (χ4v) is 1.14. The number of carbonyl (C=O) groups excluding carboxylic acids is 1. The van der Waals surface area contributed by atoms with Crippen LogP contribution in [0.25, 0.3) is 6.08 Å². The Hall–Kier alpha value is -1.57. The molecular formula is C13H16O2. The molecule has 2 heteroatoms. The summed E-state index contributed by atoms with van der Waals surface area (Å²) in [5, 5.41) is 0. The number of benzene rings is 1. The highest BCUT2D eigenvalue weighted by Crippen LogP contribution is 2.05. The number of ether oxygens (including phenoxy) is 1. The lowest BCUT2D eigenvalue weighted by Gasteiger charge is -2.05. The van der Waals surface area contributed by atoms with Crippen LogP contribution in [0.1, 0.15) is 19.4 Å². The maximum Gasteiger partial charge on any atom is 0.302 e. The lowest BCUT2D eigenvalue weighted by molar-refractivity contribution is -0.141. The molecule has 0 aliphatic rings. The van der Waals surface area contributed by atoms with E-state index in [1.54, 1.807) is 0 Å². The van der Waals surface area contributed by atoms with Gasteiger partial charge in [-0.3, -0.25) is 4.79 Å². The molecule has 1 aromatic carbocycles. The van der Waals surface area contributed by atoms with Crippen LogP contribution in [-0.2, 0) is 9.53 Å². The van der Waals surface area contributed by atoms with Gasteiger partial charge < -0.3 is 4.74 Å². The van der Waals surface area contributed by atoms with Gasteiger partial charge in [-0.2, -0.15) is 0 Å². The molecule has 0 saturated heterocycles.